The van der Waals surface area contributed by atoms with Crippen LogP contribution in [0.2, 0.25) is 0 Å². The molecule has 6 heterocycles. The van der Waals surface area contributed by atoms with Crippen molar-refractivity contribution < 1.29 is 138 Å². The van der Waals surface area contributed by atoms with Gasteiger partial charge in [0.25, 0.3) is 0 Å². The normalized spacial score (nSPS) is 18.4. The average molecular weight is 1650 g/mol. The van der Waals surface area contributed by atoms with E-state index in [1.54, 1.807) is 0 Å². The van der Waals surface area contributed by atoms with Crippen LogP contribution in [0.1, 0.15) is 83.1 Å². The number of allylic oxidation sites excluding steroid dienone is 6. The Morgan fingerprint density at radius 3 is 0.650 bits per heavy atom. The van der Waals surface area contributed by atoms with Gasteiger partial charge in [0, 0.05) is 78.0 Å². The van der Waals surface area contributed by atoms with Crippen LogP contribution in [0.15, 0.2) is 135 Å². The number of nitrogens with zero attached hydrogens (tertiary/aromatic N) is 13. The molecule has 12 radical (unpaired) electrons. The Morgan fingerprint density at radius 2 is 0.575 bits per heavy atom. The minimum absolute atomic E-state index is 0. The number of azo groups is 6. The molecule has 80 heavy (non-hydrogen) atoms. The van der Waals surface area contributed by atoms with Gasteiger partial charge in [0.05, 0.1) is 0 Å². The van der Waals surface area contributed by atoms with Gasteiger partial charge in [-0.25, -0.2) is 0 Å². The number of benzene rings is 1. The summed E-state index contributed by atoms with van der Waals surface area (Å²) in [6.07, 6.45) is 12.1. The fraction of sp³-hybridized carbons (Fsp3) is 0.429. The molecule has 0 bridgehead atoms. The fourth-order valence-corrected chi connectivity index (χ4v) is 6.17. The minimum atomic E-state index is -1.89. The van der Waals surface area contributed by atoms with Crippen LogP contribution in [0.4, 0.5) is 5.69 Å². The van der Waals surface area contributed by atoms with Crippen molar-refractivity contribution in [3.63, 3.8) is 0 Å². The van der Waals surface area contributed by atoms with Crippen molar-refractivity contribution in [2.45, 2.75) is 119 Å². The standard InChI is InChI=1S/C6H5N.6C5H8BN2.6CH3.12ClH.O.2Ti.2V.2Zr/c7-6-4-2-1-3-5-6;6*1-4-3-5(2)8(6)7-4;;;;;;;;;;;;;;;;;;;;;;;;;/h1-5H;6*3,5H,1-2H3;6*1H3;12*1H;;;;;;;/q;6*+1;6*-1;;;;;;;;;;;;;;2*+2;;3*+2/p-10. The van der Waals surface area contributed by atoms with E-state index in [1.165, 1.54) is 27.7 Å². The molecule has 0 N–H and O–H groups in total. The van der Waals surface area contributed by atoms with Crippen LogP contribution in [0.25, 0.3) is 0 Å². The molecular weight excluding hydrogens is 1570 g/mol. The van der Waals surface area contributed by atoms with E-state index in [0.29, 0.717) is 0 Å². The molecule has 440 valence electrons. The molecule has 6 aliphatic heterocycles. The van der Waals surface area contributed by atoms with Gasteiger partial charge in [-0.2, -0.15) is 27.7 Å². The van der Waals surface area contributed by atoms with Crippen LogP contribution < -0.4 is 0 Å². The molecule has 6 unspecified atom stereocenters. The Labute approximate surface area is 597 Å². The summed E-state index contributed by atoms with van der Waals surface area (Å²) in [5.41, 5.74) is 6.87. The Hall–Kier alpha value is 3.09. The molecular formula is C42H73B6Cl12N13OTi2V2Zr2. The number of rotatable bonds is 1. The Bertz CT molecular complexity index is 1850. The second-order valence-corrected chi connectivity index (χ2v) is 31.1. The van der Waals surface area contributed by atoms with Crippen LogP contribution >= 0.6 is 116 Å². The molecule has 1 aromatic rings. The van der Waals surface area contributed by atoms with Crippen molar-refractivity contribution in [1.82, 2.24) is 0 Å². The van der Waals surface area contributed by atoms with Gasteiger partial charge in [0.1, 0.15) is 34.2 Å². The molecule has 0 amide bonds. The number of hydrogen-bond acceptors (Lipinski definition) is 8. The van der Waals surface area contributed by atoms with Gasteiger partial charge in [0.2, 0.25) is 0 Å². The first-order valence-electron chi connectivity index (χ1n) is 20.2. The van der Waals surface area contributed by atoms with E-state index in [4.69, 9.17) is 143 Å². The van der Waals surface area contributed by atoms with Gasteiger partial charge in [-0.15, -0.1) is 24.8 Å². The number of hydrogen-bond donors (Lipinski definition) is 0. The van der Waals surface area contributed by atoms with Crippen LogP contribution in [-0.2, 0) is 110 Å². The first kappa shape index (κ1) is 114. The van der Waals surface area contributed by atoms with Crippen LogP contribution in [0.5, 0.6) is 0 Å². The van der Waals surface area contributed by atoms with Crippen molar-refractivity contribution >= 4 is 169 Å². The van der Waals surface area contributed by atoms with Crippen molar-refractivity contribution in [3.8, 4) is 0 Å². The summed E-state index contributed by atoms with van der Waals surface area (Å²) in [6.45, 7) is 23.6. The molecule has 0 aromatic heterocycles. The fourth-order valence-electron chi connectivity index (χ4n) is 4.97. The van der Waals surface area contributed by atoms with Crippen LogP contribution in [0, 0.1) is 44.6 Å². The van der Waals surface area contributed by atoms with E-state index in [0.717, 1.165) is 57.2 Å². The summed E-state index contributed by atoms with van der Waals surface area (Å²) >= 11 is -3.59. The summed E-state index contributed by atoms with van der Waals surface area (Å²) < 4.78 is 20.9. The van der Waals surface area contributed by atoms with Crippen molar-refractivity contribution in [1.29, 1.82) is 0 Å². The zero-order chi connectivity index (χ0) is 57.1. The molecule has 0 saturated carbocycles. The maximum absolute atomic E-state index is 8.19. The zero-order valence-corrected chi connectivity index (χ0v) is 68.5. The topological polar surface area (TPSA) is 122 Å². The molecule has 1 aromatic carbocycles. The van der Waals surface area contributed by atoms with Crippen molar-refractivity contribution in [3.05, 3.63) is 146 Å². The molecule has 0 aliphatic carbocycles. The Morgan fingerprint density at radius 1 is 0.438 bits per heavy atom. The SMILES string of the molecule is Cl.Cl.[B][N+]1=NC(C)=CC1C.[B][N+]1=NC(C)=CC1C.[B][N+]1=NC(C)=CC1C.[B][N+]1=NC(C)=CC1C.[B][N+]1=NC(C)=CC1C.[B][N+]1=NC(C)=CC1C.[CH3-].[CH3-].[CH3-].[CH3-].[CH3-].[CH3-].[Cl][Ti][Cl].[Cl][Ti][Cl].[Cl][V]([Cl])=[N]c1ccccc1.[Cl][Zr][Cl].[Cl][Zr][Cl].[O]=[V]. The van der Waals surface area contributed by atoms with Gasteiger partial charge in [0.15, 0.2) is 36.3 Å². The van der Waals surface area contributed by atoms with Gasteiger partial charge < -0.3 is 44.6 Å². The van der Waals surface area contributed by atoms with Crippen molar-refractivity contribution in [2.24, 2.45) is 34.5 Å². The second-order valence-electron chi connectivity index (χ2n) is 14.1. The molecule has 0 saturated heterocycles. The summed E-state index contributed by atoms with van der Waals surface area (Å²) in [5, 5.41) is 23.7. The van der Waals surface area contributed by atoms with E-state index in [-0.39, 0.29) is 106 Å². The molecule has 0 spiro atoms. The Kier molecular flexibility index (Phi) is 106. The molecule has 7 rings (SSSR count). The summed E-state index contributed by atoms with van der Waals surface area (Å²) in [6, 6.07) is 11.1. The molecule has 6 aliphatic rings. The third-order valence-electron chi connectivity index (χ3n) is 7.98. The van der Waals surface area contributed by atoms with E-state index in [9.17, 15) is 0 Å². The summed E-state index contributed by atoms with van der Waals surface area (Å²) in [5.74, 6) is 0. The van der Waals surface area contributed by atoms with Crippen LogP contribution in [-0.4, -0.2) is 112 Å². The molecule has 14 nitrogen and oxygen atoms in total. The average Bonchev–Trinajstić information content (AvgIpc) is 4.09. The summed E-state index contributed by atoms with van der Waals surface area (Å²) in [7, 11) is 82.7. The van der Waals surface area contributed by atoms with Crippen molar-refractivity contribution in [2.75, 3.05) is 0 Å². The first-order valence-corrected chi connectivity index (χ1v) is 46.5. The van der Waals surface area contributed by atoms with E-state index < -0.39 is 88.8 Å². The Balaban J connectivity index is -0.0000000564. The van der Waals surface area contributed by atoms with Gasteiger partial charge >= 0.3 is 289 Å². The molecule has 38 heteroatoms. The summed E-state index contributed by atoms with van der Waals surface area (Å²) in [4.78, 5) is 0. The predicted octanol–water partition coefficient (Wildman–Crippen LogP) is 17.4. The third-order valence-corrected chi connectivity index (χ3v) is 9.20. The monoisotopic (exact) mass is 1640 g/mol. The van der Waals surface area contributed by atoms with Gasteiger partial charge in [-0.1, -0.05) is 0 Å². The van der Waals surface area contributed by atoms with E-state index >= 15 is 0 Å². The maximum atomic E-state index is 8.19. The number of halogens is 12. The van der Waals surface area contributed by atoms with Crippen LogP contribution in [0.3, 0.4) is 0 Å². The second kappa shape index (κ2) is 74.6. The predicted molar refractivity (Wildman–Crippen MR) is 331 cm³/mol. The van der Waals surface area contributed by atoms with E-state index in [1.807, 2.05) is 150 Å². The molecule has 0 fully saturated rings. The van der Waals surface area contributed by atoms with Gasteiger partial charge in [-0.3, -0.25) is 0 Å². The zero-order valence-electron chi connectivity index (χ0n) is 48.5. The molecule has 6 atom stereocenters. The quantitative estimate of drug-likeness (QED) is 0.202. The first-order chi connectivity index (χ1) is 33.6. The third kappa shape index (κ3) is 68.6. The van der Waals surface area contributed by atoms with Gasteiger partial charge in [-0.05, 0) is 72.2 Å². The van der Waals surface area contributed by atoms with E-state index in [2.05, 4.69) is 34.5 Å².